The smallest absolute Gasteiger partial charge is 0.261 e. The third-order valence-electron chi connectivity index (χ3n) is 10.4. The van der Waals surface area contributed by atoms with E-state index in [4.69, 9.17) is 33.9 Å². The van der Waals surface area contributed by atoms with Crippen molar-refractivity contribution in [1.29, 1.82) is 0 Å². The van der Waals surface area contributed by atoms with E-state index >= 15 is 0 Å². The van der Waals surface area contributed by atoms with Crippen LogP contribution in [0.25, 0.3) is 22.1 Å². The third-order valence-corrected chi connectivity index (χ3v) is 13.7. The summed E-state index contributed by atoms with van der Waals surface area (Å²) in [7, 11) is -2.95. The molecule has 0 amide bonds. The molecule has 0 aliphatic carbocycles. The minimum atomic E-state index is -3.98. The van der Waals surface area contributed by atoms with E-state index in [-0.39, 0.29) is 16.2 Å². The number of benzene rings is 4. The standard InChI is InChI=1S/C18H17F2N3O2S.C12H15N3.C6H3ClF2O2S.C6H15N.CH2Cl2/c19-14-6-5-13(11-15(14)20)26(24,25)23-9-7-12(8-10-23)18-21-16-3-1-2-4-17(16)22-18;1-2-4-11-10(3-1)14-12(15-11)9-5-7-13-8-6-9;7-12(10,11)4-1-2-5(8)6(9)3-4;1-4-7(5-2)6-3;2-1-3/h1-6,11-12H,7-10H2,(H,21,22);1-4,9,13H,5-8H2,(H,14,15);1-3H;4-6H2,1-3H3;1H2. The number of para-hydroxylation sites is 4. The van der Waals surface area contributed by atoms with Crippen LogP contribution in [0.4, 0.5) is 17.6 Å². The van der Waals surface area contributed by atoms with Gasteiger partial charge in [-0.25, -0.2) is 44.4 Å². The van der Waals surface area contributed by atoms with E-state index in [0.29, 0.717) is 44.0 Å². The minimum absolute atomic E-state index is 0.138. The van der Waals surface area contributed by atoms with Crippen LogP contribution < -0.4 is 5.32 Å². The Morgan fingerprint density at radius 2 is 1.05 bits per heavy atom. The zero-order valence-electron chi connectivity index (χ0n) is 35.1. The Hall–Kier alpha value is -3.81. The van der Waals surface area contributed by atoms with Gasteiger partial charge in [-0.1, -0.05) is 45.0 Å². The highest BCUT2D eigenvalue weighted by molar-refractivity contribution is 8.13. The molecule has 0 radical (unpaired) electrons. The van der Waals surface area contributed by atoms with Crippen LogP contribution in [0.3, 0.4) is 0 Å². The lowest BCUT2D eigenvalue weighted by molar-refractivity contribution is 0.314. The van der Waals surface area contributed by atoms with Crippen molar-refractivity contribution in [1.82, 2.24) is 34.5 Å². The molecular weight excluding hydrogens is 925 g/mol. The van der Waals surface area contributed by atoms with Gasteiger partial charge in [-0.05, 0) is 119 Å². The maximum absolute atomic E-state index is 13.4. The van der Waals surface area contributed by atoms with Gasteiger partial charge in [0.25, 0.3) is 9.05 Å². The number of aromatic amines is 2. The first-order chi connectivity index (χ1) is 30.1. The van der Waals surface area contributed by atoms with Crippen molar-refractivity contribution in [2.75, 3.05) is 51.2 Å². The lowest BCUT2D eigenvalue weighted by Crippen LogP contribution is -2.38. The summed E-state index contributed by atoms with van der Waals surface area (Å²) in [5.41, 5.74) is 4.09. The lowest BCUT2D eigenvalue weighted by atomic mass is 9.97. The van der Waals surface area contributed by atoms with Crippen LogP contribution in [0.5, 0.6) is 0 Å². The molecule has 6 aromatic rings. The summed E-state index contributed by atoms with van der Waals surface area (Å²) in [5.74, 6) is -1.81. The molecule has 2 fully saturated rings. The van der Waals surface area contributed by atoms with Crippen molar-refractivity contribution in [2.24, 2.45) is 0 Å². The van der Waals surface area contributed by atoms with Crippen molar-refractivity contribution in [3.8, 4) is 0 Å². The molecule has 0 saturated carbocycles. The Bertz CT molecular complexity index is 2500. The van der Waals surface area contributed by atoms with Crippen LogP contribution in [0.2, 0.25) is 0 Å². The SMILES string of the molecule is CCN(CC)CC.ClCCl.O=S(=O)(Cl)c1ccc(F)c(F)c1.O=S(=O)(c1ccc(F)c(F)c1)N1CCC(c2nc3ccccc3[nH]2)CC1.c1ccc2[nH]c(C3CCNCC3)nc2c1. The molecular formula is C43H52Cl3F4N7O4S2. The summed E-state index contributed by atoms with van der Waals surface area (Å²) in [6, 6.07) is 20.8. The number of hydrogen-bond donors (Lipinski definition) is 3. The van der Waals surface area contributed by atoms with Crippen LogP contribution in [-0.2, 0) is 19.1 Å². The summed E-state index contributed by atoms with van der Waals surface area (Å²) < 4.78 is 98.9. The molecule has 4 heterocycles. The maximum atomic E-state index is 13.4. The van der Waals surface area contributed by atoms with E-state index in [1.807, 2.05) is 36.4 Å². The first-order valence-corrected chi connectivity index (χ1v) is 25.2. The van der Waals surface area contributed by atoms with E-state index in [2.05, 4.69) is 63.1 Å². The maximum Gasteiger partial charge on any atom is 0.261 e. The zero-order valence-corrected chi connectivity index (χ0v) is 39.0. The van der Waals surface area contributed by atoms with Crippen LogP contribution in [-0.4, -0.2) is 97.1 Å². The second-order valence-corrected chi connectivity index (χ2v) is 19.6. The van der Waals surface area contributed by atoms with Crippen LogP contribution in [0.1, 0.15) is 69.9 Å². The second kappa shape index (κ2) is 25.0. The molecule has 4 aromatic carbocycles. The molecule has 0 bridgehead atoms. The average Bonchev–Trinajstić information content (AvgIpc) is 3.93. The van der Waals surface area contributed by atoms with Gasteiger partial charge in [-0.15, -0.1) is 23.2 Å². The van der Waals surface area contributed by atoms with Gasteiger partial charge in [0.15, 0.2) is 23.3 Å². The fourth-order valence-electron chi connectivity index (χ4n) is 6.88. The normalized spacial score (nSPS) is 15.0. The van der Waals surface area contributed by atoms with Gasteiger partial charge in [-0.3, -0.25) is 0 Å². The molecule has 8 rings (SSSR count). The fourth-order valence-corrected chi connectivity index (χ4v) is 9.13. The summed E-state index contributed by atoms with van der Waals surface area (Å²) in [6.07, 6.45) is 3.62. The molecule has 63 heavy (non-hydrogen) atoms. The Morgan fingerprint density at radius 3 is 1.44 bits per heavy atom. The number of sulfonamides is 1. The summed E-state index contributed by atoms with van der Waals surface area (Å²) in [6.45, 7) is 13.0. The largest absolute Gasteiger partial charge is 0.342 e. The molecule has 0 atom stereocenters. The van der Waals surface area contributed by atoms with Gasteiger partial charge in [0.2, 0.25) is 10.0 Å². The molecule has 0 unspecified atom stereocenters. The van der Waals surface area contributed by atoms with Crippen molar-refractivity contribution in [2.45, 2.75) is 68.1 Å². The van der Waals surface area contributed by atoms with E-state index in [1.54, 1.807) is 0 Å². The minimum Gasteiger partial charge on any atom is -0.342 e. The van der Waals surface area contributed by atoms with Gasteiger partial charge in [0.05, 0.1) is 37.2 Å². The topological polar surface area (TPSA) is 144 Å². The van der Waals surface area contributed by atoms with Gasteiger partial charge in [0, 0.05) is 35.6 Å². The molecule has 2 aromatic heterocycles. The van der Waals surface area contributed by atoms with Crippen LogP contribution >= 0.6 is 33.9 Å². The molecule has 2 aliphatic rings. The van der Waals surface area contributed by atoms with Gasteiger partial charge in [0.1, 0.15) is 11.6 Å². The van der Waals surface area contributed by atoms with Crippen molar-refractivity contribution < 1.29 is 34.4 Å². The molecule has 3 N–H and O–H groups in total. The van der Waals surface area contributed by atoms with Crippen LogP contribution in [0, 0.1) is 23.3 Å². The van der Waals surface area contributed by atoms with Crippen molar-refractivity contribution in [3.05, 3.63) is 120 Å². The van der Waals surface area contributed by atoms with Gasteiger partial charge in [-0.2, -0.15) is 4.31 Å². The number of hydrogen-bond acceptors (Lipinski definition) is 8. The lowest BCUT2D eigenvalue weighted by Gasteiger charge is -2.30. The van der Waals surface area contributed by atoms with E-state index < -0.39 is 47.2 Å². The quantitative estimate of drug-likeness (QED) is 0.0777. The first-order valence-electron chi connectivity index (χ1n) is 20.3. The second-order valence-electron chi connectivity index (χ2n) is 14.3. The number of rotatable bonds is 8. The van der Waals surface area contributed by atoms with E-state index in [1.165, 1.54) is 36.8 Å². The molecule has 2 aliphatic heterocycles. The van der Waals surface area contributed by atoms with Crippen molar-refractivity contribution >= 4 is 75.0 Å². The summed E-state index contributed by atoms with van der Waals surface area (Å²) in [4.78, 5) is 17.7. The number of alkyl halides is 2. The molecule has 11 nitrogen and oxygen atoms in total. The number of nitrogens with zero attached hydrogens (tertiary/aromatic N) is 4. The Kier molecular flexibility index (Phi) is 20.6. The highest BCUT2D eigenvalue weighted by Gasteiger charge is 2.31. The van der Waals surface area contributed by atoms with Crippen LogP contribution in [0.15, 0.2) is 94.7 Å². The highest BCUT2D eigenvalue weighted by Crippen LogP contribution is 2.31. The Morgan fingerprint density at radius 1 is 0.635 bits per heavy atom. The Balaban J connectivity index is 0.000000200. The van der Waals surface area contributed by atoms with E-state index in [9.17, 15) is 34.4 Å². The van der Waals surface area contributed by atoms with Crippen molar-refractivity contribution in [3.63, 3.8) is 0 Å². The monoisotopic (exact) mass is 975 g/mol. The van der Waals surface area contributed by atoms with E-state index in [0.717, 1.165) is 71.1 Å². The fraction of sp³-hybridized carbons (Fsp3) is 0.395. The number of piperidine rings is 2. The number of H-pyrrole nitrogens is 2. The molecule has 0 spiro atoms. The number of fused-ring (bicyclic) bond motifs is 2. The number of aromatic nitrogens is 4. The number of halogens is 7. The molecule has 2 saturated heterocycles. The average molecular weight is 977 g/mol. The molecule has 344 valence electrons. The predicted octanol–water partition coefficient (Wildman–Crippen LogP) is 10.1. The summed E-state index contributed by atoms with van der Waals surface area (Å²) in [5, 5.41) is 3.57. The van der Waals surface area contributed by atoms with Gasteiger partial charge < -0.3 is 20.2 Å². The predicted molar refractivity (Wildman–Crippen MR) is 244 cm³/mol. The zero-order chi connectivity index (χ0) is 46.2. The molecule has 20 heteroatoms. The first kappa shape index (κ1) is 51.8. The highest BCUT2D eigenvalue weighted by atomic mass is 35.7. The number of nitrogens with one attached hydrogen (secondary N) is 3. The summed E-state index contributed by atoms with van der Waals surface area (Å²) >= 11 is 9.53. The number of imidazole rings is 2. The van der Waals surface area contributed by atoms with Gasteiger partial charge >= 0.3 is 0 Å². The Labute approximate surface area is 381 Å². The third kappa shape index (κ3) is 15.1.